The van der Waals surface area contributed by atoms with Crippen LogP contribution in [0.5, 0.6) is 11.8 Å². The quantitative estimate of drug-likeness (QED) is 0.367. The molecule has 3 N–H and O–H groups in total. The molecular weight excluding hydrogens is 478 g/mol. The molecule has 2 saturated heterocycles. The van der Waals surface area contributed by atoms with Crippen LogP contribution in [0.3, 0.4) is 0 Å². The van der Waals surface area contributed by atoms with Crippen molar-refractivity contribution in [2.45, 2.75) is 44.4 Å². The summed E-state index contributed by atoms with van der Waals surface area (Å²) < 4.78 is 37.8. The molecule has 2 aliphatic rings. The number of phenolic OH excluding ortho intramolecular Hbond substituents is 1. The fourth-order valence-electron chi connectivity index (χ4n) is 5.43. The number of aromatic hydroxyl groups is 1. The largest absolute Gasteiger partial charge is 0.508 e. The zero-order valence-electron chi connectivity index (χ0n) is 20.6. The maximum Gasteiger partial charge on any atom is 0.319 e. The number of nitrogens with zero attached hydrogens (tertiary/aromatic N) is 3. The number of halogens is 2. The summed E-state index contributed by atoms with van der Waals surface area (Å²) in [6, 6.07) is 11.7. The van der Waals surface area contributed by atoms with Crippen LogP contribution in [0.1, 0.15) is 26.7 Å². The van der Waals surface area contributed by atoms with Gasteiger partial charge in [-0.15, -0.1) is 0 Å². The smallest absolute Gasteiger partial charge is 0.319 e. The van der Waals surface area contributed by atoms with Gasteiger partial charge in [-0.1, -0.05) is 24.3 Å². The van der Waals surface area contributed by atoms with Crippen molar-refractivity contribution in [1.82, 2.24) is 15.3 Å². The second kappa shape index (κ2) is 8.78. The van der Waals surface area contributed by atoms with Gasteiger partial charge in [0.1, 0.15) is 29.5 Å². The monoisotopic (exact) mass is 506 g/mol. The predicted molar refractivity (Wildman–Crippen MR) is 138 cm³/mol. The number of anilines is 1. The van der Waals surface area contributed by atoms with Crippen LogP contribution in [0.2, 0.25) is 0 Å². The maximum absolute atomic E-state index is 16.3. The van der Waals surface area contributed by atoms with Gasteiger partial charge in [-0.3, -0.25) is 0 Å². The molecule has 3 heterocycles. The average molecular weight is 507 g/mol. The lowest BCUT2D eigenvalue weighted by atomic mass is 9.95. The summed E-state index contributed by atoms with van der Waals surface area (Å²) in [6.45, 7) is 4.37. The summed E-state index contributed by atoms with van der Waals surface area (Å²) in [6.07, 6.45) is 2.06. The Bertz CT molecular complexity index is 1510. The molecule has 0 unspecified atom stereocenters. The Morgan fingerprint density at radius 1 is 1.05 bits per heavy atom. The molecule has 37 heavy (non-hydrogen) atoms. The highest BCUT2D eigenvalue weighted by molar-refractivity contribution is 6.01. The van der Waals surface area contributed by atoms with E-state index >= 15 is 8.78 Å². The van der Waals surface area contributed by atoms with Gasteiger partial charge in [-0.25, -0.2) is 8.78 Å². The summed E-state index contributed by atoms with van der Waals surface area (Å²) in [5.74, 6) is -1.32. The summed E-state index contributed by atoms with van der Waals surface area (Å²) >= 11 is 0. The van der Waals surface area contributed by atoms with Gasteiger partial charge in [0.15, 0.2) is 5.82 Å². The Balaban J connectivity index is 1.56. The molecule has 0 spiro atoms. The van der Waals surface area contributed by atoms with Crippen molar-refractivity contribution in [3.05, 3.63) is 54.1 Å². The second-order valence-electron chi connectivity index (χ2n) is 10.6. The lowest BCUT2D eigenvalue weighted by molar-refractivity contribution is 0.0251. The van der Waals surface area contributed by atoms with Crippen molar-refractivity contribution in [3.63, 3.8) is 0 Å². The van der Waals surface area contributed by atoms with Crippen LogP contribution in [-0.4, -0.2) is 57.6 Å². The van der Waals surface area contributed by atoms with Gasteiger partial charge in [0.05, 0.1) is 11.2 Å². The van der Waals surface area contributed by atoms with Gasteiger partial charge in [0.25, 0.3) is 0 Å². The number of fused-ring (bicyclic) bond motifs is 4. The van der Waals surface area contributed by atoms with E-state index < -0.39 is 17.2 Å². The fourth-order valence-corrected chi connectivity index (χ4v) is 5.43. The van der Waals surface area contributed by atoms with E-state index in [1.165, 1.54) is 12.1 Å². The number of piperazine rings is 1. The topological polar surface area (TPSA) is 90.7 Å². The Morgan fingerprint density at radius 3 is 2.51 bits per heavy atom. The van der Waals surface area contributed by atoms with Crippen LogP contribution < -0.4 is 15.0 Å². The van der Waals surface area contributed by atoms with Crippen LogP contribution in [0, 0.1) is 11.6 Å². The van der Waals surface area contributed by atoms with Crippen LogP contribution in [-0.2, 0) is 0 Å². The summed E-state index contributed by atoms with van der Waals surface area (Å²) in [7, 11) is 0. The van der Waals surface area contributed by atoms with E-state index in [1.54, 1.807) is 44.2 Å². The highest BCUT2D eigenvalue weighted by atomic mass is 19.1. The zero-order valence-corrected chi connectivity index (χ0v) is 20.6. The van der Waals surface area contributed by atoms with Gasteiger partial charge >= 0.3 is 6.01 Å². The van der Waals surface area contributed by atoms with Crippen LogP contribution >= 0.6 is 0 Å². The number of hydrogen-bond donors (Lipinski definition) is 3. The molecule has 0 saturated carbocycles. The Morgan fingerprint density at radius 2 is 1.78 bits per heavy atom. The van der Waals surface area contributed by atoms with Crippen molar-refractivity contribution in [1.29, 1.82) is 0 Å². The zero-order chi connectivity index (χ0) is 25.9. The number of aromatic nitrogens is 2. The van der Waals surface area contributed by atoms with E-state index in [2.05, 4.69) is 15.3 Å². The number of hydrogen-bond acceptors (Lipinski definition) is 7. The summed E-state index contributed by atoms with van der Waals surface area (Å²) in [5, 5.41) is 25.5. The molecule has 2 bridgehead atoms. The standard InChI is InChI=1S/C28H28F2N4O3/c1-28(2,36)14-37-27-32-25-21(26(33-27)34-12-16-7-8-17(13-34)31-16)11-22(29)23(24(25)30)20-10-18(35)9-15-5-3-4-6-19(15)20/h3-6,9-11,16-17,31,35-36H,7-8,12-14H2,1-2H3/t16-,17+. The number of nitrogens with one attached hydrogen (secondary N) is 1. The van der Waals surface area contributed by atoms with Crippen molar-refractivity contribution < 1.29 is 23.7 Å². The highest BCUT2D eigenvalue weighted by Crippen LogP contribution is 2.40. The van der Waals surface area contributed by atoms with Crippen molar-refractivity contribution >= 4 is 27.5 Å². The molecule has 2 aliphatic heterocycles. The molecule has 9 heteroatoms. The minimum Gasteiger partial charge on any atom is -0.508 e. The minimum atomic E-state index is -1.15. The molecule has 2 fully saturated rings. The van der Waals surface area contributed by atoms with E-state index in [0.717, 1.165) is 12.8 Å². The first-order chi connectivity index (χ1) is 17.7. The number of rotatable bonds is 5. The molecule has 0 aliphatic carbocycles. The lowest BCUT2D eigenvalue weighted by Gasteiger charge is -2.34. The van der Waals surface area contributed by atoms with E-state index in [9.17, 15) is 10.2 Å². The van der Waals surface area contributed by atoms with Crippen molar-refractivity contribution in [2.24, 2.45) is 0 Å². The first-order valence-corrected chi connectivity index (χ1v) is 12.4. The third-order valence-corrected chi connectivity index (χ3v) is 7.03. The Labute approximate surface area is 212 Å². The fraction of sp³-hybridized carbons (Fsp3) is 0.357. The molecule has 4 aromatic rings. The number of phenols is 1. The van der Waals surface area contributed by atoms with E-state index in [1.807, 2.05) is 4.90 Å². The molecule has 0 amide bonds. The molecular formula is C28H28F2N4O3. The predicted octanol–water partition coefficient (Wildman–Crippen LogP) is 4.52. The number of benzene rings is 3. The molecule has 2 atom stereocenters. The van der Waals surface area contributed by atoms with Crippen LogP contribution in [0.25, 0.3) is 32.8 Å². The molecule has 3 aromatic carbocycles. The molecule has 7 nitrogen and oxygen atoms in total. The van der Waals surface area contributed by atoms with Crippen LogP contribution in [0.4, 0.5) is 14.6 Å². The number of aliphatic hydroxyl groups is 1. The Hall–Kier alpha value is -3.56. The first-order valence-electron chi connectivity index (χ1n) is 12.4. The van der Waals surface area contributed by atoms with Gasteiger partial charge in [0.2, 0.25) is 0 Å². The van der Waals surface area contributed by atoms with E-state index in [0.29, 0.717) is 29.7 Å². The summed E-state index contributed by atoms with van der Waals surface area (Å²) in [4.78, 5) is 10.9. The van der Waals surface area contributed by atoms with Crippen molar-refractivity contribution in [3.8, 4) is 22.9 Å². The average Bonchev–Trinajstić information content (AvgIpc) is 3.19. The van der Waals surface area contributed by atoms with Gasteiger partial charge < -0.3 is 25.2 Å². The normalized spacial score (nSPS) is 19.6. The lowest BCUT2D eigenvalue weighted by Crippen LogP contribution is -2.51. The number of ether oxygens (including phenoxy) is 1. The molecule has 1 aromatic heterocycles. The van der Waals surface area contributed by atoms with Gasteiger partial charge in [-0.05, 0) is 61.2 Å². The molecule has 192 valence electrons. The summed E-state index contributed by atoms with van der Waals surface area (Å²) in [5.41, 5.74) is -1.28. The SMILES string of the molecule is CC(C)(O)COc1nc(N2C[C@H]3CC[C@@H](C2)N3)c2cc(F)c(-c3cc(O)cc4ccccc34)c(F)c2n1. The van der Waals surface area contributed by atoms with E-state index in [4.69, 9.17) is 4.74 Å². The third kappa shape index (κ3) is 4.42. The first kappa shape index (κ1) is 23.8. The van der Waals surface area contributed by atoms with Gasteiger partial charge in [-0.2, -0.15) is 9.97 Å². The highest BCUT2D eigenvalue weighted by Gasteiger charge is 2.34. The third-order valence-electron chi connectivity index (χ3n) is 7.03. The Kier molecular flexibility index (Phi) is 5.65. The van der Waals surface area contributed by atoms with Crippen molar-refractivity contribution in [2.75, 3.05) is 24.6 Å². The van der Waals surface area contributed by atoms with Gasteiger partial charge in [0, 0.05) is 30.6 Å². The van der Waals surface area contributed by atoms with E-state index in [-0.39, 0.29) is 52.5 Å². The minimum absolute atomic E-state index is 0.0783. The second-order valence-corrected chi connectivity index (χ2v) is 10.6. The van der Waals surface area contributed by atoms with Crippen LogP contribution in [0.15, 0.2) is 42.5 Å². The molecule has 0 radical (unpaired) electrons. The maximum atomic E-state index is 16.3. The molecule has 6 rings (SSSR count).